The van der Waals surface area contributed by atoms with Gasteiger partial charge in [-0.15, -0.1) is 0 Å². The van der Waals surface area contributed by atoms with E-state index in [-0.39, 0.29) is 25.2 Å². The van der Waals surface area contributed by atoms with E-state index in [1.807, 2.05) is 13.8 Å². The molecule has 0 fully saturated rings. The number of hydrogen-bond acceptors (Lipinski definition) is 8. The van der Waals surface area contributed by atoms with Crippen molar-refractivity contribution in [3.63, 3.8) is 0 Å². The van der Waals surface area contributed by atoms with Gasteiger partial charge < -0.3 is 25.6 Å². The third kappa shape index (κ3) is 5.43. The largest absolute Gasteiger partial charge is 0.496 e. The molecule has 0 aliphatic heterocycles. The van der Waals surface area contributed by atoms with Crippen LogP contribution in [0, 0.1) is 13.8 Å². The number of nitrogen functional groups attached to an aromatic ring is 1. The van der Waals surface area contributed by atoms with Crippen molar-refractivity contribution in [3.8, 4) is 11.5 Å². The fourth-order valence-electron chi connectivity index (χ4n) is 2.94. The highest BCUT2D eigenvalue weighted by atomic mass is 16.5. The number of pyridine rings is 1. The summed E-state index contributed by atoms with van der Waals surface area (Å²) in [4.78, 5) is 12.7. The van der Waals surface area contributed by atoms with Crippen LogP contribution in [-0.4, -0.2) is 39.8 Å². The number of methoxy groups -OCH3 is 1. The van der Waals surface area contributed by atoms with Gasteiger partial charge >= 0.3 is 0 Å². The Morgan fingerprint density at radius 1 is 1.22 bits per heavy atom. The minimum atomic E-state index is 0.0796. The van der Waals surface area contributed by atoms with Crippen molar-refractivity contribution in [2.24, 2.45) is 0 Å². The molecule has 8 heteroatoms. The standard InChI is InChI=1S/C19H29N5O3/c1-5-6-14(7-8-25)23-18-16(10-22-19(20)24-18)27-11-15-13(3)17(26-4)12(2)9-21-15/h9-10,14,25H,5-8,11H2,1-4H3,(H3,20,22,23,24)/t14-/m0/s1. The van der Waals surface area contributed by atoms with Crippen molar-refractivity contribution in [2.75, 3.05) is 24.8 Å². The molecule has 0 saturated carbocycles. The van der Waals surface area contributed by atoms with Crippen molar-refractivity contribution in [3.05, 3.63) is 29.2 Å². The van der Waals surface area contributed by atoms with Crippen LogP contribution in [0.5, 0.6) is 11.5 Å². The molecule has 0 saturated heterocycles. The molecule has 2 aromatic heterocycles. The minimum Gasteiger partial charge on any atom is -0.496 e. The number of aliphatic hydroxyl groups excluding tert-OH is 1. The maximum atomic E-state index is 9.27. The van der Waals surface area contributed by atoms with Crippen LogP contribution in [0.15, 0.2) is 12.4 Å². The number of aryl methyl sites for hydroxylation is 1. The summed E-state index contributed by atoms with van der Waals surface area (Å²) in [5.41, 5.74) is 8.43. The van der Waals surface area contributed by atoms with E-state index in [4.69, 9.17) is 15.2 Å². The molecule has 8 nitrogen and oxygen atoms in total. The minimum absolute atomic E-state index is 0.0796. The Kier molecular flexibility index (Phi) is 7.60. The SMILES string of the molecule is CCC[C@@H](CCO)Nc1nc(N)ncc1OCc1ncc(C)c(OC)c1C. The summed E-state index contributed by atoms with van der Waals surface area (Å²) in [7, 11) is 1.64. The van der Waals surface area contributed by atoms with E-state index >= 15 is 0 Å². The summed E-state index contributed by atoms with van der Waals surface area (Å²) >= 11 is 0. The topological polar surface area (TPSA) is 115 Å². The zero-order chi connectivity index (χ0) is 19.8. The average molecular weight is 375 g/mol. The van der Waals surface area contributed by atoms with E-state index in [0.29, 0.717) is 18.0 Å². The summed E-state index contributed by atoms with van der Waals surface area (Å²) in [6, 6.07) is 0.0796. The van der Waals surface area contributed by atoms with E-state index in [1.54, 1.807) is 19.5 Å². The van der Waals surface area contributed by atoms with Crippen molar-refractivity contribution in [2.45, 2.75) is 52.7 Å². The zero-order valence-corrected chi connectivity index (χ0v) is 16.5. The number of nitrogens with one attached hydrogen (secondary N) is 1. The Labute approximate surface area is 160 Å². The van der Waals surface area contributed by atoms with Gasteiger partial charge in [-0.3, -0.25) is 4.98 Å². The van der Waals surface area contributed by atoms with Gasteiger partial charge in [0, 0.05) is 30.0 Å². The predicted octanol–water partition coefficient (Wildman–Crippen LogP) is 2.62. The third-order valence-corrected chi connectivity index (χ3v) is 4.34. The summed E-state index contributed by atoms with van der Waals surface area (Å²) < 4.78 is 11.4. The van der Waals surface area contributed by atoms with E-state index in [2.05, 4.69) is 27.2 Å². The van der Waals surface area contributed by atoms with E-state index < -0.39 is 0 Å². The normalized spacial score (nSPS) is 11.9. The van der Waals surface area contributed by atoms with Gasteiger partial charge in [0.15, 0.2) is 11.6 Å². The van der Waals surface area contributed by atoms with Gasteiger partial charge in [0.1, 0.15) is 12.4 Å². The molecule has 0 aromatic carbocycles. The lowest BCUT2D eigenvalue weighted by molar-refractivity contribution is 0.275. The highest BCUT2D eigenvalue weighted by Crippen LogP contribution is 2.27. The van der Waals surface area contributed by atoms with Crippen LogP contribution >= 0.6 is 0 Å². The van der Waals surface area contributed by atoms with Crippen LogP contribution in [0.2, 0.25) is 0 Å². The summed E-state index contributed by atoms with van der Waals surface area (Å²) in [6.07, 6.45) is 5.82. The molecule has 0 unspecified atom stereocenters. The highest BCUT2D eigenvalue weighted by Gasteiger charge is 2.15. The highest BCUT2D eigenvalue weighted by molar-refractivity contribution is 5.52. The maximum absolute atomic E-state index is 9.27. The zero-order valence-electron chi connectivity index (χ0n) is 16.5. The summed E-state index contributed by atoms with van der Waals surface area (Å²) in [6.45, 7) is 6.35. The third-order valence-electron chi connectivity index (χ3n) is 4.34. The first-order chi connectivity index (χ1) is 13.0. The van der Waals surface area contributed by atoms with Gasteiger partial charge in [-0.25, -0.2) is 4.98 Å². The van der Waals surface area contributed by atoms with Gasteiger partial charge in [0.05, 0.1) is 19.0 Å². The molecule has 27 heavy (non-hydrogen) atoms. The molecule has 1 atom stereocenters. The fraction of sp³-hybridized carbons (Fsp3) is 0.526. The van der Waals surface area contributed by atoms with Gasteiger partial charge in [0.25, 0.3) is 0 Å². The lowest BCUT2D eigenvalue weighted by Crippen LogP contribution is -2.22. The van der Waals surface area contributed by atoms with Crippen LogP contribution in [0.3, 0.4) is 0 Å². The molecular weight excluding hydrogens is 346 g/mol. The van der Waals surface area contributed by atoms with Gasteiger partial charge in [-0.2, -0.15) is 4.98 Å². The monoisotopic (exact) mass is 375 g/mol. The number of hydrogen-bond donors (Lipinski definition) is 3. The molecule has 2 rings (SSSR count). The van der Waals surface area contributed by atoms with Crippen LogP contribution in [0.1, 0.15) is 43.0 Å². The van der Waals surface area contributed by atoms with Gasteiger partial charge in [-0.05, 0) is 26.7 Å². The van der Waals surface area contributed by atoms with Crippen LogP contribution in [-0.2, 0) is 6.61 Å². The summed E-state index contributed by atoms with van der Waals surface area (Å²) in [5.74, 6) is 1.98. The number of nitrogens with zero attached hydrogens (tertiary/aromatic N) is 3. The second kappa shape index (κ2) is 9.91. The first kappa shape index (κ1) is 20.7. The number of aromatic nitrogens is 3. The number of ether oxygens (including phenoxy) is 2. The first-order valence-corrected chi connectivity index (χ1v) is 9.11. The molecule has 2 aromatic rings. The van der Waals surface area contributed by atoms with Crippen molar-refractivity contribution in [1.82, 2.24) is 15.0 Å². The Morgan fingerprint density at radius 3 is 2.67 bits per heavy atom. The number of aliphatic hydroxyl groups is 1. The molecule has 0 bridgehead atoms. The predicted molar refractivity (Wildman–Crippen MR) is 105 cm³/mol. The Hall–Kier alpha value is -2.61. The van der Waals surface area contributed by atoms with Crippen molar-refractivity contribution < 1.29 is 14.6 Å². The summed E-state index contributed by atoms with van der Waals surface area (Å²) in [5, 5.41) is 12.6. The van der Waals surface area contributed by atoms with Crippen molar-refractivity contribution in [1.29, 1.82) is 0 Å². The molecule has 148 valence electrons. The molecule has 4 N–H and O–H groups in total. The molecule has 0 aliphatic carbocycles. The Bertz CT molecular complexity index is 748. The molecule has 2 heterocycles. The van der Waals surface area contributed by atoms with Gasteiger partial charge in [0.2, 0.25) is 5.95 Å². The number of anilines is 2. The Balaban J connectivity index is 2.19. The second-order valence-corrected chi connectivity index (χ2v) is 6.42. The van der Waals surface area contributed by atoms with Gasteiger partial charge in [-0.1, -0.05) is 13.3 Å². The molecule has 0 spiro atoms. The lowest BCUT2D eigenvalue weighted by atomic mass is 10.1. The van der Waals surface area contributed by atoms with E-state index in [9.17, 15) is 5.11 Å². The fourth-order valence-corrected chi connectivity index (χ4v) is 2.94. The first-order valence-electron chi connectivity index (χ1n) is 9.11. The molecule has 0 aliphatic rings. The Morgan fingerprint density at radius 2 is 2.00 bits per heavy atom. The van der Waals surface area contributed by atoms with Crippen LogP contribution in [0.4, 0.5) is 11.8 Å². The lowest BCUT2D eigenvalue weighted by Gasteiger charge is -2.20. The molecule has 0 amide bonds. The smallest absolute Gasteiger partial charge is 0.222 e. The average Bonchev–Trinajstić information content (AvgIpc) is 2.63. The van der Waals surface area contributed by atoms with Crippen LogP contribution in [0.25, 0.3) is 0 Å². The molecule has 0 radical (unpaired) electrons. The van der Waals surface area contributed by atoms with E-state index in [0.717, 1.165) is 35.4 Å². The molecular formula is C19H29N5O3. The van der Waals surface area contributed by atoms with Crippen molar-refractivity contribution >= 4 is 11.8 Å². The second-order valence-electron chi connectivity index (χ2n) is 6.42. The maximum Gasteiger partial charge on any atom is 0.222 e. The van der Waals surface area contributed by atoms with Crippen LogP contribution < -0.4 is 20.5 Å². The number of nitrogens with two attached hydrogens (primary N) is 1. The quantitative estimate of drug-likeness (QED) is 0.580. The van der Waals surface area contributed by atoms with E-state index in [1.165, 1.54) is 0 Å². The number of rotatable bonds is 10.